The van der Waals surface area contributed by atoms with Gasteiger partial charge in [0, 0.05) is 16.6 Å². The molecule has 2 amide bonds. The summed E-state index contributed by atoms with van der Waals surface area (Å²) in [5.74, 6) is -0.802. The molecule has 2 N–H and O–H groups in total. The van der Waals surface area contributed by atoms with E-state index in [1.165, 1.54) is 12.1 Å². The fraction of sp³-hybridized carbons (Fsp3) is 0.227. The van der Waals surface area contributed by atoms with Gasteiger partial charge >= 0.3 is 6.18 Å². The van der Waals surface area contributed by atoms with Gasteiger partial charge < -0.3 is 10.6 Å². The lowest BCUT2D eigenvalue weighted by atomic mass is 10.0. The van der Waals surface area contributed by atoms with E-state index in [9.17, 15) is 22.8 Å². The zero-order valence-corrected chi connectivity index (χ0v) is 17.6. The summed E-state index contributed by atoms with van der Waals surface area (Å²) < 4.78 is 38.8. The van der Waals surface area contributed by atoms with E-state index in [4.69, 9.17) is 0 Å². The minimum absolute atomic E-state index is 0.0997. The van der Waals surface area contributed by atoms with E-state index in [0.29, 0.717) is 22.0 Å². The van der Waals surface area contributed by atoms with Gasteiger partial charge in [-0.2, -0.15) is 13.2 Å². The van der Waals surface area contributed by atoms with Gasteiger partial charge in [-0.3, -0.25) is 9.59 Å². The van der Waals surface area contributed by atoms with Gasteiger partial charge in [-0.25, -0.2) is 4.98 Å². The third-order valence-corrected chi connectivity index (χ3v) is 5.32. The molecule has 0 radical (unpaired) electrons. The van der Waals surface area contributed by atoms with Crippen LogP contribution in [0.3, 0.4) is 0 Å². The van der Waals surface area contributed by atoms with Crippen LogP contribution in [0.4, 0.5) is 18.9 Å². The Balaban J connectivity index is 1.64. The number of alkyl halides is 3. The lowest BCUT2D eigenvalue weighted by Crippen LogP contribution is -2.52. The van der Waals surface area contributed by atoms with Gasteiger partial charge in [-0.05, 0) is 38.1 Å². The number of rotatable bonds is 6. The van der Waals surface area contributed by atoms with Crippen LogP contribution in [0.1, 0.15) is 25.1 Å². The van der Waals surface area contributed by atoms with Crippen molar-refractivity contribution in [3.05, 3.63) is 71.2 Å². The second kappa shape index (κ2) is 8.89. The summed E-state index contributed by atoms with van der Waals surface area (Å²) in [5, 5.41) is 7.40. The van der Waals surface area contributed by atoms with Crippen LogP contribution < -0.4 is 10.6 Å². The van der Waals surface area contributed by atoms with E-state index >= 15 is 0 Å². The highest BCUT2D eigenvalue weighted by molar-refractivity contribution is 7.13. The Labute approximate surface area is 181 Å². The first-order chi connectivity index (χ1) is 14.5. The third kappa shape index (κ3) is 5.91. The minimum Gasteiger partial charge on any atom is -0.342 e. The molecule has 0 atom stereocenters. The quantitative estimate of drug-likeness (QED) is 0.564. The summed E-state index contributed by atoms with van der Waals surface area (Å²) in [7, 11) is 0. The van der Waals surface area contributed by atoms with Gasteiger partial charge in [0.1, 0.15) is 10.5 Å². The highest BCUT2D eigenvalue weighted by Gasteiger charge is 2.31. The van der Waals surface area contributed by atoms with E-state index < -0.39 is 23.2 Å². The molecule has 0 aliphatic rings. The minimum atomic E-state index is -4.44. The normalized spacial score (nSPS) is 11.8. The highest BCUT2D eigenvalue weighted by Crippen LogP contribution is 2.33. The lowest BCUT2D eigenvalue weighted by Gasteiger charge is -2.25. The molecule has 31 heavy (non-hydrogen) atoms. The van der Waals surface area contributed by atoms with E-state index in [1.807, 2.05) is 6.07 Å². The molecule has 1 heterocycles. The van der Waals surface area contributed by atoms with E-state index in [0.717, 1.165) is 23.5 Å². The van der Waals surface area contributed by atoms with Crippen LogP contribution in [0.5, 0.6) is 0 Å². The number of para-hydroxylation sites is 1. The van der Waals surface area contributed by atoms with Crippen molar-refractivity contribution in [1.82, 2.24) is 10.3 Å². The van der Waals surface area contributed by atoms with Crippen LogP contribution in [0.15, 0.2) is 60.0 Å². The van der Waals surface area contributed by atoms with Gasteiger partial charge in [0.25, 0.3) is 0 Å². The molecule has 0 saturated carbocycles. The van der Waals surface area contributed by atoms with Crippen molar-refractivity contribution in [3.63, 3.8) is 0 Å². The number of hydrogen-bond acceptors (Lipinski definition) is 4. The summed E-state index contributed by atoms with van der Waals surface area (Å²) >= 11 is 1.15. The highest BCUT2D eigenvalue weighted by atomic mass is 32.1. The van der Waals surface area contributed by atoms with Crippen molar-refractivity contribution in [2.24, 2.45) is 0 Å². The molecule has 9 heteroatoms. The molecular weight excluding hydrogens is 427 g/mol. The second-order valence-electron chi connectivity index (χ2n) is 7.39. The second-order valence-corrected chi connectivity index (χ2v) is 8.25. The number of anilines is 1. The van der Waals surface area contributed by atoms with Crippen LogP contribution >= 0.6 is 11.3 Å². The van der Waals surface area contributed by atoms with Gasteiger partial charge in [0.05, 0.1) is 17.7 Å². The number of thiazole rings is 1. The smallest absolute Gasteiger partial charge is 0.342 e. The predicted molar refractivity (Wildman–Crippen MR) is 114 cm³/mol. The number of amides is 2. The number of benzene rings is 2. The van der Waals surface area contributed by atoms with Crippen LogP contribution in [0.25, 0.3) is 10.6 Å². The Morgan fingerprint density at radius 2 is 1.74 bits per heavy atom. The molecule has 3 rings (SSSR count). The molecule has 1 aromatic heterocycles. The Hall–Kier alpha value is -3.20. The Morgan fingerprint density at radius 3 is 2.42 bits per heavy atom. The van der Waals surface area contributed by atoms with Crippen molar-refractivity contribution in [3.8, 4) is 10.6 Å². The van der Waals surface area contributed by atoms with Gasteiger partial charge in [-0.15, -0.1) is 11.3 Å². The Morgan fingerprint density at radius 1 is 1.03 bits per heavy atom. The van der Waals surface area contributed by atoms with Crippen LogP contribution in [-0.2, 0) is 22.2 Å². The molecule has 0 fully saturated rings. The largest absolute Gasteiger partial charge is 0.416 e. The van der Waals surface area contributed by atoms with E-state index in [2.05, 4.69) is 15.6 Å². The Bertz CT molecular complexity index is 1080. The molecule has 0 spiro atoms. The summed E-state index contributed by atoms with van der Waals surface area (Å²) in [6.07, 6.45) is -4.54. The van der Waals surface area contributed by atoms with E-state index in [1.54, 1.807) is 43.5 Å². The maximum Gasteiger partial charge on any atom is 0.416 e. The zero-order valence-electron chi connectivity index (χ0n) is 16.8. The average molecular weight is 447 g/mol. The molecule has 162 valence electrons. The van der Waals surface area contributed by atoms with Crippen molar-refractivity contribution in [2.45, 2.75) is 32.0 Å². The van der Waals surface area contributed by atoms with Gasteiger partial charge in [-0.1, -0.05) is 30.3 Å². The summed E-state index contributed by atoms with van der Waals surface area (Å²) in [5.41, 5.74) is -0.582. The molecule has 0 aliphatic carbocycles. The number of hydrogen-bond donors (Lipinski definition) is 2. The maximum atomic E-state index is 12.9. The molecule has 0 saturated heterocycles. The zero-order chi connectivity index (χ0) is 22.6. The number of aromatic nitrogens is 1. The van der Waals surface area contributed by atoms with E-state index in [-0.39, 0.29) is 12.3 Å². The fourth-order valence-electron chi connectivity index (χ4n) is 2.77. The van der Waals surface area contributed by atoms with Crippen LogP contribution in [0.2, 0.25) is 0 Å². The maximum absolute atomic E-state index is 12.9. The van der Waals surface area contributed by atoms with Crippen molar-refractivity contribution >= 4 is 28.8 Å². The monoisotopic (exact) mass is 447 g/mol. The molecule has 5 nitrogen and oxygen atoms in total. The van der Waals surface area contributed by atoms with Crippen LogP contribution in [-0.4, -0.2) is 22.3 Å². The molecule has 2 aromatic carbocycles. The number of carbonyl (C=O) groups is 2. The van der Waals surface area contributed by atoms with Crippen molar-refractivity contribution in [1.29, 1.82) is 0 Å². The van der Waals surface area contributed by atoms with Gasteiger partial charge in [0.15, 0.2) is 0 Å². The summed E-state index contributed by atoms with van der Waals surface area (Å²) in [4.78, 5) is 29.2. The lowest BCUT2D eigenvalue weighted by molar-refractivity contribution is -0.137. The third-order valence-electron chi connectivity index (χ3n) is 4.38. The molecule has 0 bridgehead atoms. The molecule has 3 aromatic rings. The first-order valence-corrected chi connectivity index (χ1v) is 10.2. The van der Waals surface area contributed by atoms with Gasteiger partial charge in [0.2, 0.25) is 11.8 Å². The SMILES string of the molecule is CC(C)(NC(=O)Cc1csc(-c2cccc(C(F)(F)F)c2)n1)C(=O)Nc1ccccc1. The number of halogens is 3. The summed E-state index contributed by atoms with van der Waals surface area (Å²) in [6, 6.07) is 13.7. The molecule has 0 aliphatic heterocycles. The summed E-state index contributed by atoms with van der Waals surface area (Å²) in [6.45, 7) is 3.16. The first-order valence-electron chi connectivity index (χ1n) is 9.34. The molecular formula is C22H20F3N3O2S. The standard InChI is InChI=1S/C22H20F3N3O2S/c1-21(2,20(30)27-16-9-4-3-5-10-16)28-18(29)12-17-13-31-19(26-17)14-7-6-8-15(11-14)22(23,24)25/h3-11,13H,12H2,1-2H3,(H,27,30)(H,28,29). The molecule has 0 unspecified atom stereocenters. The fourth-order valence-corrected chi connectivity index (χ4v) is 3.59. The predicted octanol–water partition coefficient (Wildman–Crippen LogP) is 4.90. The number of nitrogens with zero attached hydrogens (tertiary/aromatic N) is 1. The van der Waals surface area contributed by atoms with Crippen LogP contribution in [0, 0.1) is 0 Å². The topological polar surface area (TPSA) is 71.1 Å². The van der Waals surface area contributed by atoms with Crippen molar-refractivity contribution < 1.29 is 22.8 Å². The number of carbonyl (C=O) groups excluding carboxylic acids is 2. The first kappa shape index (κ1) is 22.5. The average Bonchev–Trinajstić information content (AvgIpc) is 3.16. The van der Waals surface area contributed by atoms with Crippen molar-refractivity contribution in [2.75, 3.05) is 5.32 Å². The number of nitrogens with one attached hydrogen (secondary N) is 2. The Kier molecular flexibility index (Phi) is 6.45.